The van der Waals surface area contributed by atoms with Gasteiger partial charge in [-0.3, -0.25) is 30.6 Å². The van der Waals surface area contributed by atoms with Crippen LogP contribution in [0.25, 0.3) is 16.9 Å². The molecule has 0 fully saturated rings. The fraction of sp³-hybridized carbons (Fsp3) is 0. The van der Waals surface area contributed by atoms with Crippen LogP contribution in [0.5, 0.6) is 0 Å². The quantitative estimate of drug-likeness (QED) is 0.264. The lowest BCUT2D eigenvalue weighted by atomic mass is 10.1. The molecule has 0 saturated heterocycles. The molecule has 4 aromatic rings. The summed E-state index contributed by atoms with van der Waals surface area (Å²) in [5.74, 6) is 0. The molecule has 0 aliphatic heterocycles. The van der Waals surface area contributed by atoms with Crippen molar-refractivity contribution in [1.29, 1.82) is 0 Å². The molecule has 4 rings (SSSR count). The van der Waals surface area contributed by atoms with E-state index in [1.54, 1.807) is 29.3 Å². The SMILES string of the molecule is O=[N+]([O-])c1ccc(N/N=C/c2cn(-c3ccccc3)nc2-c2cccnc2)c([N+](=O)[O-])c1. The van der Waals surface area contributed by atoms with Crippen molar-refractivity contribution in [3.63, 3.8) is 0 Å². The number of aromatic nitrogens is 3. The summed E-state index contributed by atoms with van der Waals surface area (Å²) in [5, 5.41) is 30.9. The van der Waals surface area contributed by atoms with Crippen molar-refractivity contribution in [3.05, 3.63) is 105 Å². The highest BCUT2D eigenvalue weighted by atomic mass is 16.6. The molecular formula is C21H15N7O4. The standard InChI is InChI=1S/C21H15N7O4/c29-27(30)18-8-9-19(20(11-18)28(31)32)24-23-13-16-14-26(17-6-2-1-3-7-17)25-21(16)15-5-4-10-22-12-15/h1-14,24H/b23-13+. The lowest BCUT2D eigenvalue weighted by molar-refractivity contribution is -0.393. The summed E-state index contributed by atoms with van der Waals surface area (Å²) >= 11 is 0. The predicted molar refractivity (Wildman–Crippen MR) is 118 cm³/mol. The van der Waals surface area contributed by atoms with E-state index in [9.17, 15) is 20.2 Å². The van der Waals surface area contributed by atoms with Gasteiger partial charge in [0.2, 0.25) is 0 Å². The van der Waals surface area contributed by atoms with Crippen LogP contribution in [0.3, 0.4) is 0 Å². The largest absolute Gasteiger partial charge is 0.301 e. The molecule has 0 amide bonds. The molecule has 0 spiro atoms. The van der Waals surface area contributed by atoms with Gasteiger partial charge in [-0.15, -0.1) is 0 Å². The van der Waals surface area contributed by atoms with Gasteiger partial charge < -0.3 is 0 Å². The second kappa shape index (κ2) is 8.83. The van der Waals surface area contributed by atoms with Crippen molar-refractivity contribution in [2.75, 3.05) is 5.43 Å². The minimum atomic E-state index is -0.709. The van der Waals surface area contributed by atoms with Gasteiger partial charge in [0.15, 0.2) is 0 Å². The highest BCUT2D eigenvalue weighted by molar-refractivity contribution is 5.89. The molecular weight excluding hydrogens is 414 g/mol. The Morgan fingerprint density at radius 1 is 1.00 bits per heavy atom. The molecule has 0 atom stereocenters. The fourth-order valence-corrected chi connectivity index (χ4v) is 2.97. The Hall–Kier alpha value is -4.93. The summed E-state index contributed by atoms with van der Waals surface area (Å²) in [7, 11) is 0. The third kappa shape index (κ3) is 4.31. The summed E-state index contributed by atoms with van der Waals surface area (Å²) in [5.41, 5.74) is 4.64. The first-order valence-electron chi connectivity index (χ1n) is 9.30. The Labute approximate surface area is 181 Å². The van der Waals surface area contributed by atoms with Crippen LogP contribution < -0.4 is 5.43 Å². The van der Waals surface area contributed by atoms with Crippen molar-refractivity contribution in [2.45, 2.75) is 0 Å². The van der Waals surface area contributed by atoms with E-state index in [1.807, 2.05) is 36.4 Å². The zero-order valence-electron chi connectivity index (χ0n) is 16.4. The molecule has 0 bridgehead atoms. The minimum Gasteiger partial charge on any atom is -0.272 e. The second-order valence-electron chi connectivity index (χ2n) is 6.54. The van der Waals surface area contributed by atoms with Gasteiger partial charge in [-0.1, -0.05) is 18.2 Å². The van der Waals surface area contributed by atoms with E-state index in [0.29, 0.717) is 11.3 Å². The van der Waals surface area contributed by atoms with Gasteiger partial charge in [0.1, 0.15) is 11.4 Å². The van der Waals surface area contributed by atoms with Crippen LogP contribution in [0.1, 0.15) is 5.56 Å². The third-order valence-corrected chi connectivity index (χ3v) is 4.48. The Morgan fingerprint density at radius 3 is 2.50 bits per heavy atom. The van der Waals surface area contributed by atoms with Gasteiger partial charge in [-0.05, 0) is 30.3 Å². The first-order chi connectivity index (χ1) is 15.5. The molecule has 2 heterocycles. The van der Waals surface area contributed by atoms with Gasteiger partial charge >= 0.3 is 5.69 Å². The average molecular weight is 429 g/mol. The van der Waals surface area contributed by atoms with Crippen molar-refractivity contribution in [3.8, 4) is 16.9 Å². The van der Waals surface area contributed by atoms with Gasteiger partial charge in [-0.2, -0.15) is 10.2 Å². The summed E-state index contributed by atoms with van der Waals surface area (Å²) < 4.78 is 1.69. The number of hydrogen-bond donors (Lipinski definition) is 1. The highest BCUT2D eigenvalue weighted by Gasteiger charge is 2.19. The van der Waals surface area contributed by atoms with Crippen LogP contribution in [0.2, 0.25) is 0 Å². The van der Waals surface area contributed by atoms with E-state index < -0.39 is 15.5 Å². The second-order valence-corrected chi connectivity index (χ2v) is 6.54. The van der Waals surface area contributed by atoms with Crippen LogP contribution in [0.15, 0.2) is 84.4 Å². The predicted octanol–water partition coefficient (Wildman–Crippen LogP) is 4.20. The van der Waals surface area contributed by atoms with Crippen molar-refractivity contribution in [2.24, 2.45) is 5.10 Å². The maximum Gasteiger partial charge on any atom is 0.301 e. The topological polar surface area (TPSA) is 141 Å². The summed E-state index contributed by atoms with van der Waals surface area (Å²) in [6, 6.07) is 16.4. The zero-order valence-corrected chi connectivity index (χ0v) is 16.4. The van der Waals surface area contributed by atoms with Gasteiger partial charge in [0.05, 0.1) is 27.8 Å². The number of nitrogens with one attached hydrogen (secondary N) is 1. The number of pyridine rings is 1. The Kier molecular flexibility index (Phi) is 5.62. The Morgan fingerprint density at radius 2 is 1.81 bits per heavy atom. The lowest BCUT2D eigenvalue weighted by Gasteiger charge is -2.02. The monoisotopic (exact) mass is 429 g/mol. The molecule has 32 heavy (non-hydrogen) atoms. The van der Waals surface area contributed by atoms with Crippen LogP contribution in [0.4, 0.5) is 17.1 Å². The van der Waals surface area contributed by atoms with Crippen molar-refractivity contribution >= 4 is 23.3 Å². The normalized spacial score (nSPS) is 10.9. The molecule has 0 aliphatic carbocycles. The number of hydrogen-bond acceptors (Lipinski definition) is 8. The van der Waals surface area contributed by atoms with Crippen LogP contribution in [-0.4, -0.2) is 30.8 Å². The average Bonchev–Trinajstić information content (AvgIpc) is 3.24. The number of para-hydroxylation sites is 1. The number of nitro groups is 2. The van der Waals surface area contributed by atoms with E-state index in [1.165, 1.54) is 18.3 Å². The smallest absolute Gasteiger partial charge is 0.272 e. The maximum absolute atomic E-state index is 11.3. The van der Waals surface area contributed by atoms with Gasteiger partial charge in [0.25, 0.3) is 5.69 Å². The summed E-state index contributed by atoms with van der Waals surface area (Å²) in [6.45, 7) is 0. The Bertz CT molecular complexity index is 1300. The van der Waals surface area contributed by atoms with E-state index in [-0.39, 0.29) is 11.4 Å². The fourth-order valence-electron chi connectivity index (χ4n) is 2.97. The molecule has 0 saturated carbocycles. The van der Waals surface area contributed by atoms with E-state index >= 15 is 0 Å². The number of benzene rings is 2. The van der Waals surface area contributed by atoms with E-state index in [2.05, 4.69) is 20.6 Å². The number of anilines is 1. The van der Waals surface area contributed by atoms with Crippen LogP contribution >= 0.6 is 0 Å². The maximum atomic E-state index is 11.3. The lowest BCUT2D eigenvalue weighted by Crippen LogP contribution is -1.99. The first-order valence-corrected chi connectivity index (χ1v) is 9.30. The molecule has 158 valence electrons. The first kappa shape index (κ1) is 20.3. The van der Waals surface area contributed by atoms with Gasteiger partial charge in [-0.25, -0.2) is 4.68 Å². The molecule has 0 unspecified atom stereocenters. The molecule has 0 radical (unpaired) electrons. The number of non-ortho nitro benzene ring substituents is 1. The zero-order chi connectivity index (χ0) is 22.5. The van der Waals surface area contributed by atoms with E-state index in [0.717, 1.165) is 17.3 Å². The number of nitrogens with zero attached hydrogens (tertiary/aromatic N) is 6. The van der Waals surface area contributed by atoms with Crippen molar-refractivity contribution in [1.82, 2.24) is 14.8 Å². The highest BCUT2D eigenvalue weighted by Crippen LogP contribution is 2.29. The third-order valence-electron chi connectivity index (χ3n) is 4.48. The summed E-state index contributed by atoms with van der Waals surface area (Å²) in [6.07, 6.45) is 6.57. The minimum absolute atomic E-state index is 0.0234. The molecule has 1 N–H and O–H groups in total. The molecule has 11 heteroatoms. The summed E-state index contributed by atoms with van der Waals surface area (Å²) in [4.78, 5) is 24.9. The molecule has 2 aromatic heterocycles. The number of nitro benzene ring substituents is 2. The van der Waals surface area contributed by atoms with E-state index in [4.69, 9.17) is 0 Å². The van der Waals surface area contributed by atoms with Crippen LogP contribution in [-0.2, 0) is 0 Å². The Balaban J connectivity index is 1.68. The van der Waals surface area contributed by atoms with Crippen LogP contribution in [0, 0.1) is 20.2 Å². The molecule has 0 aliphatic rings. The van der Waals surface area contributed by atoms with Crippen molar-refractivity contribution < 1.29 is 9.85 Å². The van der Waals surface area contributed by atoms with Gasteiger partial charge in [0, 0.05) is 35.8 Å². The number of hydrazone groups is 1. The number of rotatable bonds is 7. The molecule has 11 nitrogen and oxygen atoms in total. The molecule has 2 aromatic carbocycles.